The van der Waals surface area contributed by atoms with Gasteiger partial charge in [0.2, 0.25) is 0 Å². The minimum Gasteiger partial charge on any atom is -0.288 e. The molecule has 1 aromatic heterocycles. The second-order valence-electron chi connectivity index (χ2n) is 2.45. The normalized spacial score (nSPS) is 10.0. The fourth-order valence-corrected chi connectivity index (χ4v) is 1.61. The Morgan fingerprint density at radius 2 is 2.15 bits per heavy atom. The van der Waals surface area contributed by atoms with Crippen molar-refractivity contribution in [1.29, 1.82) is 0 Å². The maximum atomic E-state index is 10.6. The fraction of sp³-hybridized carbons (Fsp3) is 0.375. The molecule has 0 N–H and O–H groups in total. The molecular weight excluding hydrogens is 252 g/mol. The number of rotatable bonds is 3. The number of thioether (sulfide) groups is 1. The minimum absolute atomic E-state index is 0.151. The Hall–Kier alpha value is -0.420. The van der Waals surface area contributed by atoms with Gasteiger partial charge in [0.1, 0.15) is 0 Å². The van der Waals surface area contributed by atoms with E-state index in [1.165, 1.54) is 11.8 Å². The quantitative estimate of drug-likeness (QED) is 0.781. The van der Waals surface area contributed by atoms with E-state index in [2.05, 4.69) is 25.9 Å². The molecule has 1 rings (SSSR count). The van der Waals surface area contributed by atoms with Crippen LogP contribution in [-0.4, -0.2) is 20.8 Å². The van der Waals surface area contributed by atoms with Crippen LogP contribution in [0.5, 0.6) is 0 Å². The molecule has 0 bridgehead atoms. The summed E-state index contributed by atoms with van der Waals surface area (Å²) in [7, 11) is 0. The van der Waals surface area contributed by atoms with Gasteiger partial charge < -0.3 is 0 Å². The number of carbonyl (C=O) groups is 1. The molecule has 0 unspecified atom stereocenters. The molecule has 5 heteroatoms. The van der Waals surface area contributed by atoms with E-state index in [9.17, 15) is 4.79 Å². The minimum atomic E-state index is 0.151. The van der Waals surface area contributed by atoms with Gasteiger partial charge in [0, 0.05) is 25.1 Å². The summed E-state index contributed by atoms with van der Waals surface area (Å²) in [5.41, 5.74) is 1.05. The highest BCUT2D eigenvalue weighted by molar-refractivity contribution is 9.10. The highest BCUT2D eigenvalue weighted by atomic mass is 79.9. The molecule has 13 heavy (non-hydrogen) atoms. The van der Waals surface area contributed by atoms with E-state index >= 15 is 0 Å². The first-order valence-electron chi connectivity index (χ1n) is 3.78. The number of aryl methyl sites for hydroxylation is 1. The summed E-state index contributed by atoms with van der Waals surface area (Å²) in [6, 6.07) is 0. The average Bonchev–Trinajstić information content (AvgIpc) is 2.08. The molecule has 0 spiro atoms. The molecule has 0 radical (unpaired) electrons. The molecule has 0 amide bonds. The lowest BCUT2D eigenvalue weighted by Crippen LogP contribution is -1.94. The predicted octanol–water partition coefficient (Wildman–Crippen LogP) is 2.06. The SMILES string of the molecule is CC(=O)SCCc1cnc(Br)nc1. The smallest absolute Gasteiger partial charge is 0.196 e. The molecule has 0 aliphatic rings. The Kier molecular flexibility index (Phi) is 4.38. The zero-order valence-corrected chi connectivity index (χ0v) is 9.56. The third-order valence-electron chi connectivity index (χ3n) is 1.37. The van der Waals surface area contributed by atoms with E-state index < -0.39 is 0 Å². The van der Waals surface area contributed by atoms with Crippen molar-refractivity contribution in [3.8, 4) is 0 Å². The van der Waals surface area contributed by atoms with Crippen LogP contribution in [0.4, 0.5) is 0 Å². The molecule has 0 saturated heterocycles. The van der Waals surface area contributed by atoms with Crippen molar-refractivity contribution in [2.24, 2.45) is 0 Å². The van der Waals surface area contributed by atoms with Crippen molar-refractivity contribution < 1.29 is 4.79 Å². The molecule has 1 heterocycles. The first-order valence-corrected chi connectivity index (χ1v) is 5.56. The monoisotopic (exact) mass is 260 g/mol. The molecule has 70 valence electrons. The Morgan fingerprint density at radius 1 is 1.54 bits per heavy atom. The van der Waals surface area contributed by atoms with E-state index in [1.807, 2.05) is 0 Å². The second kappa shape index (κ2) is 5.34. The highest BCUT2D eigenvalue weighted by Gasteiger charge is 1.97. The summed E-state index contributed by atoms with van der Waals surface area (Å²) in [5, 5.41) is 0.151. The molecule has 0 aliphatic heterocycles. The molecule has 0 saturated carbocycles. The van der Waals surface area contributed by atoms with Crippen LogP contribution in [0, 0.1) is 0 Å². The van der Waals surface area contributed by atoms with Crippen LogP contribution in [0.3, 0.4) is 0 Å². The number of carbonyl (C=O) groups excluding carboxylic acids is 1. The van der Waals surface area contributed by atoms with Gasteiger partial charge in [0.25, 0.3) is 0 Å². The van der Waals surface area contributed by atoms with Crippen molar-refractivity contribution in [2.75, 3.05) is 5.75 Å². The van der Waals surface area contributed by atoms with Gasteiger partial charge in [-0.2, -0.15) is 0 Å². The summed E-state index contributed by atoms with van der Waals surface area (Å²) in [4.78, 5) is 18.6. The number of hydrogen-bond donors (Lipinski definition) is 0. The van der Waals surface area contributed by atoms with E-state index in [0.717, 1.165) is 17.7 Å². The highest BCUT2D eigenvalue weighted by Crippen LogP contribution is 2.07. The fourth-order valence-electron chi connectivity index (χ4n) is 0.781. The molecule has 0 aromatic carbocycles. The van der Waals surface area contributed by atoms with Crippen LogP contribution in [-0.2, 0) is 11.2 Å². The second-order valence-corrected chi connectivity index (χ2v) is 4.43. The third kappa shape index (κ3) is 4.38. The Labute approximate surface area is 89.5 Å². The standard InChI is InChI=1S/C8H9BrN2OS/c1-6(12)13-3-2-7-4-10-8(9)11-5-7/h4-5H,2-3H2,1H3. The van der Waals surface area contributed by atoms with Crippen molar-refractivity contribution in [2.45, 2.75) is 13.3 Å². The van der Waals surface area contributed by atoms with E-state index in [0.29, 0.717) is 4.73 Å². The van der Waals surface area contributed by atoms with Crippen LogP contribution in [0.2, 0.25) is 0 Å². The van der Waals surface area contributed by atoms with Gasteiger partial charge in [-0.05, 0) is 27.9 Å². The first-order chi connectivity index (χ1) is 6.18. The van der Waals surface area contributed by atoms with E-state index in [-0.39, 0.29) is 5.12 Å². The maximum absolute atomic E-state index is 10.6. The Bertz CT molecular complexity index is 289. The molecule has 1 aromatic rings. The van der Waals surface area contributed by atoms with Crippen molar-refractivity contribution in [3.05, 3.63) is 22.7 Å². The first kappa shape index (κ1) is 10.7. The van der Waals surface area contributed by atoms with Gasteiger partial charge in [0.05, 0.1) is 0 Å². The van der Waals surface area contributed by atoms with Gasteiger partial charge in [-0.1, -0.05) is 11.8 Å². The third-order valence-corrected chi connectivity index (χ3v) is 2.59. The molecular formula is C8H9BrN2OS. The number of halogens is 1. The Balaban J connectivity index is 2.37. The van der Waals surface area contributed by atoms with E-state index in [4.69, 9.17) is 0 Å². The van der Waals surface area contributed by atoms with Crippen LogP contribution < -0.4 is 0 Å². The van der Waals surface area contributed by atoms with Crippen molar-refractivity contribution >= 4 is 32.8 Å². The maximum Gasteiger partial charge on any atom is 0.196 e. The van der Waals surface area contributed by atoms with Crippen LogP contribution in [0.15, 0.2) is 17.1 Å². The lowest BCUT2D eigenvalue weighted by molar-refractivity contribution is -0.109. The van der Waals surface area contributed by atoms with Crippen molar-refractivity contribution in [1.82, 2.24) is 9.97 Å². The summed E-state index contributed by atoms with van der Waals surface area (Å²) in [6.45, 7) is 1.57. The summed E-state index contributed by atoms with van der Waals surface area (Å²) in [6.07, 6.45) is 4.35. The summed E-state index contributed by atoms with van der Waals surface area (Å²) < 4.78 is 0.593. The zero-order chi connectivity index (χ0) is 9.68. The Morgan fingerprint density at radius 3 is 2.69 bits per heavy atom. The van der Waals surface area contributed by atoms with Gasteiger partial charge >= 0.3 is 0 Å². The van der Waals surface area contributed by atoms with Gasteiger partial charge in [-0.3, -0.25) is 4.79 Å². The van der Waals surface area contributed by atoms with Crippen LogP contribution in [0.25, 0.3) is 0 Å². The van der Waals surface area contributed by atoms with Gasteiger partial charge in [-0.15, -0.1) is 0 Å². The lowest BCUT2D eigenvalue weighted by Gasteiger charge is -1.97. The largest absolute Gasteiger partial charge is 0.288 e. The molecule has 0 fully saturated rings. The summed E-state index contributed by atoms with van der Waals surface area (Å²) >= 11 is 4.48. The predicted molar refractivity (Wildman–Crippen MR) is 56.6 cm³/mol. The average molecular weight is 261 g/mol. The lowest BCUT2D eigenvalue weighted by atomic mass is 10.3. The summed E-state index contributed by atoms with van der Waals surface area (Å²) in [5.74, 6) is 0.792. The molecule has 0 aliphatic carbocycles. The number of hydrogen-bond acceptors (Lipinski definition) is 4. The molecule has 3 nitrogen and oxygen atoms in total. The van der Waals surface area contributed by atoms with Crippen LogP contribution >= 0.6 is 27.7 Å². The number of aromatic nitrogens is 2. The zero-order valence-electron chi connectivity index (χ0n) is 7.16. The van der Waals surface area contributed by atoms with Gasteiger partial charge in [-0.25, -0.2) is 9.97 Å². The topological polar surface area (TPSA) is 42.9 Å². The van der Waals surface area contributed by atoms with Crippen molar-refractivity contribution in [3.63, 3.8) is 0 Å². The van der Waals surface area contributed by atoms with E-state index in [1.54, 1.807) is 19.3 Å². The molecule has 0 atom stereocenters. The number of nitrogens with zero attached hydrogens (tertiary/aromatic N) is 2. The van der Waals surface area contributed by atoms with Crippen LogP contribution in [0.1, 0.15) is 12.5 Å². The van der Waals surface area contributed by atoms with Gasteiger partial charge in [0.15, 0.2) is 9.85 Å².